The largest absolute Gasteiger partial charge is 0.359 e. The van der Waals surface area contributed by atoms with Crippen LogP contribution in [0.3, 0.4) is 0 Å². The topological polar surface area (TPSA) is 104 Å². The van der Waals surface area contributed by atoms with E-state index in [1.54, 1.807) is 12.4 Å². The van der Waals surface area contributed by atoms with E-state index in [9.17, 15) is 9.59 Å². The summed E-state index contributed by atoms with van der Waals surface area (Å²) in [4.78, 5) is 40.8. The van der Waals surface area contributed by atoms with Crippen molar-refractivity contribution >= 4 is 11.7 Å². The van der Waals surface area contributed by atoms with E-state index in [1.165, 1.54) is 12.5 Å². The van der Waals surface area contributed by atoms with Crippen LogP contribution >= 0.6 is 0 Å². The van der Waals surface area contributed by atoms with Crippen LogP contribution in [0, 0.1) is 0 Å². The third-order valence-corrected chi connectivity index (χ3v) is 4.06. The number of rotatable bonds is 7. The minimum atomic E-state index is -0.477. The molecule has 0 saturated heterocycles. The van der Waals surface area contributed by atoms with Crippen LogP contribution in [0.1, 0.15) is 21.6 Å². The van der Waals surface area contributed by atoms with Crippen LogP contribution in [0.4, 0.5) is 5.82 Å². The van der Waals surface area contributed by atoms with Crippen LogP contribution in [-0.4, -0.2) is 39.4 Å². The predicted molar refractivity (Wildman–Crippen MR) is 101 cm³/mol. The monoisotopic (exact) mass is 364 g/mol. The molecular weight excluding hydrogens is 344 g/mol. The van der Waals surface area contributed by atoms with Crippen molar-refractivity contribution in [2.45, 2.75) is 13.0 Å². The minimum Gasteiger partial charge on any atom is -0.359 e. The van der Waals surface area contributed by atoms with Crippen molar-refractivity contribution in [2.75, 3.05) is 18.5 Å². The number of aromatic amines is 1. The van der Waals surface area contributed by atoms with Gasteiger partial charge in [0.15, 0.2) is 0 Å². The maximum Gasteiger partial charge on any atom is 0.263 e. The fourth-order valence-electron chi connectivity index (χ4n) is 2.62. The van der Waals surface area contributed by atoms with Crippen LogP contribution in [0.5, 0.6) is 0 Å². The highest BCUT2D eigenvalue weighted by atomic mass is 16.2. The Hall–Kier alpha value is -3.55. The van der Waals surface area contributed by atoms with Gasteiger partial charge in [0.05, 0.1) is 6.33 Å². The van der Waals surface area contributed by atoms with Gasteiger partial charge in [0.1, 0.15) is 11.4 Å². The molecule has 27 heavy (non-hydrogen) atoms. The Morgan fingerprint density at radius 3 is 2.81 bits per heavy atom. The van der Waals surface area contributed by atoms with Gasteiger partial charge in [0.25, 0.3) is 11.5 Å². The number of hydrogen-bond acceptors (Lipinski definition) is 6. The molecule has 8 heteroatoms. The number of carbonyl (C=O) groups excluding carboxylic acids is 1. The zero-order chi connectivity index (χ0) is 19.1. The molecule has 0 aliphatic heterocycles. The predicted octanol–water partition coefficient (Wildman–Crippen LogP) is 1.17. The zero-order valence-corrected chi connectivity index (χ0v) is 14.9. The fourth-order valence-corrected chi connectivity index (χ4v) is 2.62. The van der Waals surface area contributed by atoms with Gasteiger partial charge in [-0.2, -0.15) is 0 Å². The summed E-state index contributed by atoms with van der Waals surface area (Å²) in [5, 5.41) is 2.75. The summed E-state index contributed by atoms with van der Waals surface area (Å²) < 4.78 is 0. The molecule has 0 atom stereocenters. The first-order valence-corrected chi connectivity index (χ1v) is 8.51. The molecule has 0 radical (unpaired) electrons. The summed E-state index contributed by atoms with van der Waals surface area (Å²) in [5.74, 6) is 0.295. The van der Waals surface area contributed by atoms with Crippen LogP contribution in [0.15, 0.2) is 60.0 Å². The van der Waals surface area contributed by atoms with Crippen molar-refractivity contribution in [1.82, 2.24) is 25.3 Å². The molecule has 3 heterocycles. The number of likely N-dealkylation sites (N-methyl/N-ethyl adjacent to an activating group) is 1. The molecule has 1 amide bonds. The highest BCUT2D eigenvalue weighted by Crippen LogP contribution is 2.16. The summed E-state index contributed by atoms with van der Waals surface area (Å²) in [5.41, 5.74) is 1.37. The highest BCUT2D eigenvalue weighted by molar-refractivity contribution is 5.93. The van der Waals surface area contributed by atoms with Gasteiger partial charge in [-0.15, -0.1) is 0 Å². The molecule has 0 aliphatic rings. The molecular formula is C19H20N6O2. The molecule has 0 aliphatic carbocycles. The van der Waals surface area contributed by atoms with Crippen molar-refractivity contribution in [2.24, 2.45) is 0 Å². The molecule has 0 saturated carbocycles. The lowest BCUT2D eigenvalue weighted by atomic mass is 10.2. The van der Waals surface area contributed by atoms with Gasteiger partial charge in [0, 0.05) is 56.4 Å². The van der Waals surface area contributed by atoms with Crippen molar-refractivity contribution in [3.63, 3.8) is 0 Å². The Labute approximate surface area is 156 Å². The Balaban J connectivity index is 1.65. The lowest BCUT2D eigenvalue weighted by Crippen LogP contribution is -2.30. The molecule has 138 valence electrons. The van der Waals surface area contributed by atoms with Gasteiger partial charge in [-0.05, 0) is 18.2 Å². The number of amides is 1. The summed E-state index contributed by atoms with van der Waals surface area (Å²) >= 11 is 0. The molecule has 3 aromatic rings. The number of H-pyrrole nitrogens is 1. The maximum atomic E-state index is 12.2. The third kappa shape index (κ3) is 4.75. The van der Waals surface area contributed by atoms with E-state index in [0.717, 1.165) is 30.0 Å². The van der Waals surface area contributed by atoms with Crippen LogP contribution < -0.4 is 15.8 Å². The van der Waals surface area contributed by atoms with E-state index in [-0.39, 0.29) is 12.1 Å². The number of aromatic nitrogens is 4. The first-order valence-electron chi connectivity index (χ1n) is 8.51. The van der Waals surface area contributed by atoms with Crippen molar-refractivity contribution in [3.8, 4) is 0 Å². The lowest BCUT2D eigenvalue weighted by molar-refractivity contribution is 0.0949. The van der Waals surface area contributed by atoms with Crippen LogP contribution in [0.25, 0.3) is 0 Å². The van der Waals surface area contributed by atoms with E-state index in [1.807, 2.05) is 42.3 Å². The standard InChI is InChI=1S/C19H20N6O2/c1-25(10-7-15-6-2-3-8-21-15)17-14(5-4-9-22-17)11-23-18(26)16-12-20-13-24-19(16)27/h2-6,8-9,12-13H,7,10-11H2,1H3,(H,23,26)(H,20,24,27). The quantitative estimate of drug-likeness (QED) is 0.652. The van der Waals surface area contributed by atoms with E-state index in [4.69, 9.17) is 0 Å². The van der Waals surface area contributed by atoms with Gasteiger partial charge >= 0.3 is 0 Å². The smallest absolute Gasteiger partial charge is 0.263 e. The van der Waals surface area contributed by atoms with Gasteiger partial charge < -0.3 is 15.2 Å². The van der Waals surface area contributed by atoms with Crippen molar-refractivity contribution in [1.29, 1.82) is 0 Å². The summed E-state index contributed by atoms with van der Waals surface area (Å²) in [6, 6.07) is 9.55. The SMILES string of the molecule is CN(CCc1ccccn1)c1ncccc1CNC(=O)c1cnc[nH]c1=O. The second-order valence-corrected chi connectivity index (χ2v) is 5.96. The Morgan fingerprint density at radius 1 is 1.19 bits per heavy atom. The molecule has 2 N–H and O–H groups in total. The van der Waals surface area contributed by atoms with E-state index >= 15 is 0 Å². The van der Waals surface area contributed by atoms with Crippen molar-refractivity contribution < 1.29 is 4.79 Å². The van der Waals surface area contributed by atoms with Gasteiger partial charge in [-0.25, -0.2) is 9.97 Å². The van der Waals surface area contributed by atoms with Gasteiger partial charge in [-0.3, -0.25) is 14.6 Å². The number of nitrogens with one attached hydrogen (secondary N) is 2. The second kappa shape index (κ2) is 8.70. The van der Waals surface area contributed by atoms with Crippen molar-refractivity contribution in [3.05, 3.63) is 82.4 Å². The van der Waals surface area contributed by atoms with Gasteiger partial charge in [0.2, 0.25) is 0 Å². The van der Waals surface area contributed by atoms with E-state index in [2.05, 4.69) is 25.3 Å². The molecule has 0 unspecified atom stereocenters. The molecule has 0 spiro atoms. The molecule has 3 rings (SSSR count). The average molecular weight is 364 g/mol. The number of anilines is 1. The molecule has 0 aromatic carbocycles. The number of carbonyl (C=O) groups is 1. The molecule has 8 nitrogen and oxygen atoms in total. The first kappa shape index (κ1) is 18.2. The highest BCUT2D eigenvalue weighted by Gasteiger charge is 2.13. The zero-order valence-electron chi connectivity index (χ0n) is 14.9. The summed E-state index contributed by atoms with van der Waals surface area (Å²) in [7, 11) is 1.95. The first-order chi connectivity index (χ1) is 13.1. The minimum absolute atomic E-state index is 0.0218. The molecule has 3 aromatic heterocycles. The number of nitrogens with zero attached hydrogens (tertiary/aromatic N) is 4. The Kier molecular flexibility index (Phi) is 5.88. The maximum absolute atomic E-state index is 12.2. The Bertz CT molecular complexity index is 957. The van der Waals surface area contributed by atoms with Crippen LogP contribution in [0.2, 0.25) is 0 Å². The average Bonchev–Trinajstić information content (AvgIpc) is 2.71. The second-order valence-electron chi connectivity index (χ2n) is 5.96. The molecule has 0 bridgehead atoms. The molecule has 0 fully saturated rings. The van der Waals surface area contributed by atoms with E-state index < -0.39 is 11.5 Å². The fraction of sp³-hybridized carbons (Fsp3) is 0.211. The van der Waals surface area contributed by atoms with Gasteiger partial charge in [-0.1, -0.05) is 12.1 Å². The lowest BCUT2D eigenvalue weighted by Gasteiger charge is -2.21. The number of hydrogen-bond donors (Lipinski definition) is 2. The number of pyridine rings is 2. The summed E-state index contributed by atoms with van der Waals surface area (Å²) in [6.07, 6.45) is 6.76. The van der Waals surface area contributed by atoms with E-state index in [0.29, 0.717) is 0 Å². The Morgan fingerprint density at radius 2 is 2.04 bits per heavy atom. The normalized spacial score (nSPS) is 10.4. The summed E-state index contributed by atoms with van der Waals surface area (Å²) in [6.45, 7) is 0.988. The third-order valence-electron chi connectivity index (χ3n) is 4.06. The van der Waals surface area contributed by atoms with Crippen LogP contribution in [-0.2, 0) is 13.0 Å².